The Kier molecular flexibility index (Phi) is 14.3. The molecular weight excluding hydrogens is 323 g/mol. The van der Waals surface area contributed by atoms with E-state index in [1.54, 1.807) is 0 Å². The molecule has 0 atom stereocenters. The van der Waals surface area contributed by atoms with E-state index < -0.39 is 5.96 Å². The number of hydrogen-bond donors (Lipinski definition) is 1. The monoisotopic (exact) mass is 366 g/mol. The van der Waals surface area contributed by atoms with Gasteiger partial charge in [-0.15, -0.1) is 0 Å². The number of halogens is 1. The maximum atomic E-state index is 8.84. The Morgan fingerprint density at radius 1 is 0.565 bits per heavy atom. The van der Waals surface area contributed by atoms with Gasteiger partial charge >= 0.3 is 151 Å². The van der Waals surface area contributed by atoms with Gasteiger partial charge in [0.05, 0.1) is 0 Å². The molecular formula is C20H44ClOP. The molecule has 0 aromatic rings. The van der Waals surface area contributed by atoms with Crippen molar-refractivity contribution in [3.63, 3.8) is 0 Å². The Bertz CT molecular complexity index is 246. The molecule has 0 aromatic carbocycles. The normalized spacial score (nSPS) is 13.9. The molecule has 0 unspecified atom stereocenters. The topological polar surface area (TPSA) is 20.2 Å². The first-order valence-electron chi connectivity index (χ1n) is 10.4. The molecule has 0 amide bonds. The van der Waals surface area contributed by atoms with Crippen molar-refractivity contribution in [2.24, 2.45) is 0 Å². The molecule has 0 aliphatic carbocycles. The standard InChI is InChI=1S/C20H44ClOP/c1-4-7-17-23(21,18-8-5-2,19-9-6-3)20-15-13-11-10-12-14-16-22/h22H,4-20H2,1-3H3. The zero-order valence-electron chi connectivity index (χ0n) is 16.3. The summed E-state index contributed by atoms with van der Waals surface area (Å²) in [5, 5.41) is 8.84. The second kappa shape index (κ2) is 13.9. The number of rotatable bonds is 17. The van der Waals surface area contributed by atoms with Crippen molar-refractivity contribution in [1.29, 1.82) is 0 Å². The van der Waals surface area contributed by atoms with E-state index >= 15 is 0 Å². The molecule has 0 fully saturated rings. The molecule has 0 aliphatic rings. The maximum absolute atomic E-state index is 8.84. The third kappa shape index (κ3) is 11.0. The second-order valence-electron chi connectivity index (χ2n) is 7.62. The fourth-order valence-corrected chi connectivity index (χ4v) is 10.8. The van der Waals surface area contributed by atoms with E-state index in [4.69, 9.17) is 16.3 Å². The summed E-state index contributed by atoms with van der Waals surface area (Å²) in [6.45, 7) is 7.26. The van der Waals surface area contributed by atoms with Crippen LogP contribution in [-0.2, 0) is 0 Å². The first-order valence-corrected chi connectivity index (χ1v) is 14.3. The molecule has 0 bridgehead atoms. The summed E-state index contributed by atoms with van der Waals surface area (Å²) in [6.07, 6.45) is 20.5. The SMILES string of the molecule is CCCCP(Cl)(CCCC)(CCCC)CCCCCCCCO. The van der Waals surface area contributed by atoms with E-state index in [1.165, 1.54) is 95.3 Å². The first kappa shape index (κ1) is 23.7. The van der Waals surface area contributed by atoms with Gasteiger partial charge in [0.25, 0.3) is 0 Å². The summed E-state index contributed by atoms with van der Waals surface area (Å²) < 4.78 is 0. The van der Waals surface area contributed by atoms with Gasteiger partial charge in [-0.1, -0.05) is 0 Å². The van der Waals surface area contributed by atoms with Gasteiger partial charge in [-0.25, -0.2) is 0 Å². The van der Waals surface area contributed by atoms with Crippen LogP contribution < -0.4 is 0 Å². The molecule has 0 aliphatic heterocycles. The predicted octanol–water partition coefficient (Wildman–Crippen LogP) is 7.43. The van der Waals surface area contributed by atoms with Gasteiger partial charge < -0.3 is 0 Å². The second-order valence-corrected chi connectivity index (χ2v) is 15.9. The van der Waals surface area contributed by atoms with Crippen molar-refractivity contribution in [2.75, 3.05) is 31.3 Å². The summed E-state index contributed by atoms with van der Waals surface area (Å²) in [5.41, 5.74) is 0. The average Bonchev–Trinajstić information content (AvgIpc) is 2.56. The Morgan fingerprint density at radius 3 is 1.30 bits per heavy atom. The zero-order valence-corrected chi connectivity index (χ0v) is 17.9. The zero-order chi connectivity index (χ0) is 17.5. The van der Waals surface area contributed by atoms with Crippen molar-refractivity contribution < 1.29 is 5.11 Å². The average molecular weight is 367 g/mol. The number of aliphatic hydroxyl groups excluding tert-OH is 1. The molecule has 0 rings (SSSR count). The molecule has 3 heteroatoms. The van der Waals surface area contributed by atoms with Gasteiger partial charge in [0.2, 0.25) is 0 Å². The van der Waals surface area contributed by atoms with Crippen molar-refractivity contribution in [3.05, 3.63) is 0 Å². The molecule has 142 valence electrons. The van der Waals surface area contributed by atoms with Crippen LogP contribution in [-0.4, -0.2) is 36.4 Å². The summed E-state index contributed by atoms with van der Waals surface area (Å²) in [7, 11) is 0. The molecule has 0 radical (unpaired) electrons. The summed E-state index contributed by atoms with van der Waals surface area (Å²) in [6, 6.07) is 0. The van der Waals surface area contributed by atoms with E-state index in [2.05, 4.69) is 20.8 Å². The van der Waals surface area contributed by atoms with Gasteiger partial charge in [-0.05, 0) is 0 Å². The van der Waals surface area contributed by atoms with E-state index in [9.17, 15) is 0 Å². The van der Waals surface area contributed by atoms with Gasteiger partial charge in [0, 0.05) is 0 Å². The van der Waals surface area contributed by atoms with Crippen LogP contribution in [0.5, 0.6) is 0 Å². The minimum atomic E-state index is -1.99. The molecule has 0 aromatic heterocycles. The summed E-state index contributed by atoms with van der Waals surface area (Å²) in [4.78, 5) is 0. The van der Waals surface area contributed by atoms with Crippen molar-refractivity contribution >= 4 is 17.2 Å². The van der Waals surface area contributed by atoms with E-state index in [-0.39, 0.29) is 0 Å². The van der Waals surface area contributed by atoms with E-state index in [1.807, 2.05) is 0 Å². The van der Waals surface area contributed by atoms with Crippen molar-refractivity contribution in [3.8, 4) is 0 Å². The third-order valence-corrected chi connectivity index (χ3v) is 13.1. The third-order valence-electron chi connectivity index (χ3n) is 5.34. The molecule has 0 saturated carbocycles. The molecule has 0 saturated heterocycles. The molecule has 0 spiro atoms. The minimum absolute atomic E-state index is 0.351. The predicted molar refractivity (Wildman–Crippen MR) is 112 cm³/mol. The van der Waals surface area contributed by atoms with Crippen LogP contribution in [0.1, 0.15) is 97.8 Å². The molecule has 23 heavy (non-hydrogen) atoms. The van der Waals surface area contributed by atoms with Crippen LogP contribution in [0.4, 0.5) is 0 Å². The summed E-state index contributed by atoms with van der Waals surface area (Å²) in [5.74, 6) is -1.99. The Labute approximate surface area is 151 Å². The Morgan fingerprint density at radius 2 is 0.913 bits per heavy atom. The molecule has 0 heterocycles. The first-order chi connectivity index (χ1) is 11.0. The van der Waals surface area contributed by atoms with Gasteiger partial charge in [-0.2, -0.15) is 0 Å². The van der Waals surface area contributed by atoms with Gasteiger partial charge in [-0.3, -0.25) is 0 Å². The van der Waals surface area contributed by atoms with Crippen LogP contribution in [0.25, 0.3) is 0 Å². The van der Waals surface area contributed by atoms with Crippen LogP contribution in [0.2, 0.25) is 0 Å². The Balaban J connectivity index is 4.53. The fraction of sp³-hybridized carbons (Fsp3) is 1.00. The van der Waals surface area contributed by atoms with Gasteiger partial charge in [0.15, 0.2) is 0 Å². The van der Waals surface area contributed by atoms with Crippen LogP contribution in [0.15, 0.2) is 0 Å². The van der Waals surface area contributed by atoms with E-state index in [0.29, 0.717) is 6.61 Å². The summed E-state index contributed by atoms with van der Waals surface area (Å²) >= 11 is 7.59. The van der Waals surface area contributed by atoms with Crippen LogP contribution in [0, 0.1) is 0 Å². The van der Waals surface area contributed by atoms with Crippen LogP contribution in [0.3, 0.4) is 0 Å². The van der Waals surface area contributed by atoms with E-state index in [0.717, 1.165) is 6.42 Å². The number of aliphatic hydroxyl groups is 1. The Hall–Kier alpha value is 0.680. The van der Waals surface area contributed by atoms with Crippen LogP contribution >= 0.6 is 17.2 Å². The van der Waals surface area contributed by atoms with Crippen molar-refractivity contribution in [1.82, 2.24) is 0 Å². The molecule has 1 N–H and O–H groups in total. The number of hydrogen-bond acceptors (Lipinski definition) is 1. The molecule has 1 nitrogen and oxygen atoms in total. The van der Waals surface area contributed by atoms with Crippen molar-refractivity contribution in [2.45, 2.75) is 97.8 Å². The van der Waals surface area contributed by atoms with Gasteiger partial charge in [0.1, 0.15) is 0 Å². The quantitative estimate of drug-likeness (QED) is 0.209. The fourth-order valence-electron chi connectivity index (χ4n) is 3.66. The number of unbranched alkanes of at least 4 members (excludes halogenated alkanes) is 8.